The fourth-order valence-corrected chi connectivity index (χ4v) is 2.34. The molecule has 0 aliphatic rings. The standard InChI is InChI=1S/C16H16BrFN2O3/c1-3-6-23-14(21)9-20-15(19-8-12(17)16(20)22)11-5-4-10(2)7-13(11)18/h4-5,7-8H,3,6,9H2,1-2H3. The summed E-state index contributed by atoms with van der Waals surface area (Å²) in [7, 11) is 0. The molecule has 1 heterocycles. The summed E-state index contributed by atoms with van der Waals surface area (Å²) in [5.41, 5.74) is 0.437. The van der Waals surface area contributed by atoms with Crippen LogP contribution in [0.1, 0.15) is 18.9 Å². The molecule has 1 aromatic heterocycles. The molecule has 0 amide bonds. The number of aryl methyl sites for hydroxylation is 1. The Balaban J connectivity index is 2.50. The Hall–Kier alpha value is -2.02. The average molecular weight is 383 g/mol. The van der Waals surface area contributed by atoms with Crippen molar-refractivity contribution in [2.24, 2.45) is 0 Å². The van der Waals surface area contributed by atoms with E-state index >= 15 is 0 Å². The van der Waals surface area contributed by atoms with E-state index in [4.69, 9.17) is 4.74 Å². The molecule has 7 heteroatoms. The fraction of sp³-hybridized carbons (Fsp3) is 0.312. The second-order valence-electron chi connectivity index (χ2n) is 5.02. The van der Waals surface area contributed by atoms with E-state index < -0.39 is 17.3 Å². The molecule has 0 N–H and O–H groups in total. The first-order valence-electron chi connectivity index (χ1n) is 7.11. The van der Waals surface area contributed by atoms with Gasteiger partial charge in [0.2, 0.25) is 0 Å². The summed E-state index contributed by atoms with van der Waals surface area (Å²) in [6.07, 6.45) is 1.97. The topological polar surface area (TPSA) is 61.2 Å². The molecule has 2 rings (SSSR count). The molecule has 0 aliphatic carbocycles. The summed E-state index contributed by atoms with van der Waals surface area (Å²) in [6, 6.07) is 4.60. The van der Waals surface area contributed by atoms with Crippen LogP contribution in [0.3, 0.4) is 0 Å². The van der Waals surface area contributed by atoms with E-state index in [0.717, 1.165) is 10.1 Å². The number of halogens is 2. The number of benzene rings is 1. The number of hydrogen-bond donors (Lipinski definition) is 0. The summed E-state index contributed by atoms with van der Waals surface area (Å²) in [6.45, 7) is 3.57. The molecule has 0 unspecified atom stereocenters. The smallest absolute Gasteiger partial charge is 0.326 e. The minimum atomic E-state index is -0.567. The minimum absolute atomic E-state index is 0.0872. The van der Waals surface area contributed by atoms with E-state index in [1.54, 1.807) is 13.0 Å². The first kappa shape index (κ1) is 17.3. The van der Waals surface area contributed by atoms with Crippen LogP contribution >= 0.6 is 15.9 Å². The van der Waals surface area contributed by atoms with Gasteiger partial charge in [-0.25, -0.2) is 9.37 Å². The normalized spacial score (nSPS) is 10.6. The monoisotopic (exact) mass is 382 g/mol. The first-order valence-corrected chi connectivity index (χ1v) is 7.90. The van der Waals surface area contributed by atoms with Crippen LogP contribution in [0, 0.1) is 12.7 Å². The highest BCUT2D eigenvalue weighted by Crippen LogP contribution is 2.21. The zero-order valence-electron chi connectivity index (χ0n) is 12.8. The number of carbonyl (C=O) groups is 1. The van der Waals surface area contributed by atoms with E-state index in [9.17, 15) is 14.0 Å². The molecule has 0 fully saturated rings. The van der Waals surface area contributed by atoms with Crippen LogP contribution in [0.4, 0.5) is 4.39 Å². The van der Waals surface area contributed by atoms with Crippen molar-refractivity contribution in [3.8, 4) is 11.4 Å². The molecule has 5 nitrogen and oxygen atoms in total. The van der Waals surface area contributed by atoms with Crippen LogP contribution < -0.4 is 5.56 Å². The van der Waals surface area contributed by atoms with Gasteiger partial charge in [0.25, 0.3) is 5.56 Å². The van der Waals surface area contributed by atoms with Crippen molar-refractivity contribution in [1.29, 1.82) is 0 Å². The lowest BCUT2D eigenvalue weighted by atomic mass is 10.1. The van der Waals surface area contributed by atoms with Gasteiger partial charge in [-0.1, -0.05) is 13.0 Å². The van der Waals surface area contributed by atoms with Crippen molar-refractivity contribution < 1.29 is 13.9 Å². The Labute approximate surface area is 141 Å². The van der Waals surface area contributed by atoms with Gasteiger partial charge in [-0.3, -0.25) is 14.2 Å². The summed E-state index contributed by atoms with van der Waals surface area (Å²) in [5.74, 6) is -0.985. The lowest BCUT2D eigenvalue weighted by Crippen LogP contribution is -2.28. The van der Waals surface area contributed by atoms with Gasteiger partial charge in [-0.15, -0.1) is 0 Å². The largest absolute Gasteiger partial charge is 0.464 e. The maximum atomic E-state index is 14.2. The molecular weight excluding hydrogens is 367 g/mol. The predicted molar refractivity (Wildman–Crippen MR) is 87.6 cm³/mol. The molecular formula is C16H16BrFN2O3. The van der Waals surface area contributed by atoms with Gasteiger partial charge in [0, 0.05) is 6.20 Å². The summed E-state index contributed by atoms with van der Waals surface area (Å²) < 4.78 is 20.5. The van der Waals surface area contributed by atoms with Crippen LogP contribution in [0.25, 0.3) is 11.4 Å². The number of ether oxygens (including phenoxy) is 1. The van der Waals surface area contributed by atoms with Crippen LogP contribution in [-0.2, 0) is 16.1 Å². The lowest BCUT2D eigenvalue weighted by Gasteiger charge is -2.13. The van der Waals surface area contributed by atoms with Crippen molar-refractivity contribution >= 4 is 21.9 Å². The number of hydrogen-bond acceptors (Lipinski definition) is 4. The lowest BCUT2D eigenvalue weighted by molar-refractivity contribution is -0.144. The SMILES string of the molecule is CCCOC(=O)Cn1c(-c2ccc(C)cc2F)ncc(Br)c1=O. The van der Waals surface area contributed by atoms with Crippen LogP contribution in [0.15, 0.2) is 33.7 Å². The van der Waals surface area contributed by atoms with Gasteiger partial charge in [-0.2, -0.15) is 0 Å². The average Bonchev–Trinajstić information content (AvgIpc) is 2.51. The molecule has 2 aromatic rings. The van der Waals surface area contributed by atoms with E-state index in [1.807, 2.05) is 6.92 Å². The van der Waals surface area contributed by atoms with Gasteiger partial charge >= 0.3 is 5.97 Å². The Bertz CT molecular complexity index is 789. The first-order chi connectivity index (χ1) is 10.9. The van der Waals surface area contributed by atoms with E-state index in [1.165, 1.54) is 18.3 Å². The number of rotatable bonds is 5. The molecule has 0 radical (unpaired) electrons. The summed E-state index contributed by atoms with van der Waals surface area (Å²) in [5, 5.41) is 0. The van der Waals surface area contributed by atoms with Crippen molar-refractivity contribution in [2.45, 2.75) is 26.8 Å². The van der Waals surface area contributed by atoms with Crippen LogP contribution in [-0.4, -0.2) is 22.1 Å². The quantitative estimate of drug-likeness (QED) is 0.745. The third kappa shape index (κ3) is 4.04. The zero-order chi connectivity index (χ0) is 17.0. The summed E-state index contributed by atoms with van der Waals surface area (Å²) >= 11 is 3.08. The van der Waals surface area contributed by atoms with Gasteiger partial charge in [-0.05, 0) is 47.0 Å². The summed E-state index contributed by atoms with van der Waals surface area (Å²) in [4.78, 5) is 28.2. The molecule has 122 valence electrons. The molecule has 0 bridgehead atoms. The van der Waals surface area contributed by atoms with Gasteiger partial charge in [0.1, 0.15) is 22.7 Å². The highest BCUT2D eigenvalue weighted by molar-refractivity contribution is 9.10. The number of nitrogens with zero attached hydrogens (tertiary/aromatic N) is 2. The van der Waals surface area contributed by atoms with Crippen molar-refractivity contribution in [2.75, 3.05) is 6.61 Å². The van der Waals surface area contributed by atoms with Crippen LogP contribution in [0.5, 0.6) is 0 Å². The molecule has 1 aromatic carbocycles. The maximum absolute atomic E-state index is 14.2. The maximum Gasteiger partial charge on any atom is 0.326 e. The Morgan fingerprint density at radius 3 is 2.83 bits per heavy atom. The van der Waals surface area contributed by atoms with E-state index in [2.05, 4.69) is 20.9 Å². The second kappa shape index (κ2) is 7.50. The highest BCUT2D eigenvalue weighted by Gasteiger charge is 2.17. The van der Waals surface area contributed by atoms with Crippen LogP contribution in [0.2, 0.25) is 0 Å². The molecule has 0 spiro atoms. The third-order valence-corrected chi connectivity index (χ3v) is 3.67. The Kier molecular flexibility index (Phi) is 5.65. The Morgan fingerprint density at radius 2 is 2.17 bits per heavy atom. The van der Waals surface area contributed by atoms with E-state index in [0.29, 0.717) is 6.42 Å². The van der Waals surface area contributed by atoms with Gasteiger partial charge < -0.3 is 4.74 Å². The number of carbonyl (C=O) groups excluding carboxylic acids is 1. The molecule has 0 aliphatic heterocycles. The fourth-order valence-electron chi connectivity index (χ4n) is 2.02. The highest BCUT2D eigenvalue weighted by atomic mass is 79.9. The molecule has 0 atom stereocenters. The number of aromatic nitrogens is 2. The second-order valence-corrected chi connectivity index (χ2v) is 5.88. The number of esters is 1. The minimum Gasteiger partial charge on any atom is -0.464 e. The molecule has 0 saturated heterocycles. The Morgan fingerprint density at radius 1 is 1.43 bits per heavy atom. The molecule has 23 heavy (non-hydrogen) atoms. The zero-order valence-corrected chi connectivity index (χ0v) is 14.4. The third-order valence-electron chi connectivity index (χ3n) is 3.13. The van der Waals surface area contributed by atoms with Gasteiger partial charge in [0.15, 0.2) is 0 Å². The van der Waals surface area contributed by atoms with Crippen molar-refractivity contribution in [3.63, 3.8) is 0 Å². The van der Waals surface area contributed by atoms with Crippen molar-refractivity contribution in [3.05, 3.63) is 50.6 Å². The van der Waals surface area contributed by atoms with E-state index in [-0.39, 0.29) is 29.0 Å². The van der Waals surface area contributed by atoms with Crippen molar-refractivity contribution in [1.82, 2.24) is 9.55 Å². The van der Waals surface area contributed by atoms with Gasteiger partial charge in [0.05, 0.1) is 12.2 Å². The predicted octanol–water partition coefficient (Wildman–Crippen LogP) is 3.07. The molecule has 0 saturated carbocycles.